The number of carbonyl (C=O) groups is 1. The maximum absolute atomic E-state index is 11.4. The Bertz CT molecular complexity index is 409. The first-order chi connectivity index (χ1) is 7.79. The van der Waals surface area contributed by atoms with Gasteiger partial charge in [0.1, 0.15) is 6.61 Å². The van der Waals surface area contributed by atoms with Crippen molar-refractivity contribution < 1.29 is 9.53 Å². The fraction of sp³-hybridized carbons (Fsp3) is 0.455. The zero-order valence-corrected chi connectivity index (χ0v) is 9.27. The standard InChI is InChI=1S/C11H15N3O2/c1-2-4-14-7-9(13-8-14)6-10-11(15)12-3-5-16-10/h6-8H,2-5H2,1H3,(H,12,15). The summed E-state index contributed by atoms with van der Waals surface area (Å²) in [5, 5.41) is 2.72. The summed E-state index contributed by atoms with van der Waals surface area (Å²) >= 11 is 0. The molecule has 0 spiro atoms. The van der Waals surface area contributed by atoms with Gasteiger partial charge < -0.3 is 14.6 Å². The average molecular weight is 221 g/mol. The van der Waals surface area contributed by atoms with Gasteiger partial charge in [-0.2, -0.15) is 0 Å². The molecule has 5 heteroatoms. The zero-order chi connectivity index (χ0) is 11.4. The molecule has 0 aliphatic carbocycles. The molecule has 2 heterocycles. The van der Waals surface area contributed by atoms with E-state index < -0.39 is 0 Å². The number of aryl methyl sites for hydroxylation is 1. The summed E-state index contributed by atoms with van der Waals surface area (Å²) in [5.74, 6) is 0.171. The van der Waals surface area contributed by atoms with Crippen LogP contribution >= 0.6 is 0 Å². The minimum atomic E-state index is -0.170. The van der Waals surface area contributed by atoms with E-state index in [1.54, 1.807) is 12.4 Å². The molecule has 1 aliphatic heterocycles. The van der Waals surface area contributed by atoms with Gasteiger partial charge in [0.15, 0.2) is 5.76 Å². The van der Waals surface area contributed by atoms with Crippen LogP contribution in [0.25, 0.3) is 6.08 Å². The normalized spacial score (nSPS) is 18.3. The third kappa shape index (κ3) is 2.42. The van der Waals surface area contributed by atoms with Crippen LogP contribution in [0.2, 0.25) is 0 Å². The molecule has 5 nitrogen and oxygen atoms in total. The zero-order valence-electron chi connectivity index (χ0n) is 9.27. The topological polar surface area (TPSA) is 56.1 Å². The summed E-state index contributed by atoms with van der Waals surface area (Å²) in [4.78, 5) is 15.6. The van der Waals surface area contributed by atoms with Gasteiger partial charge in [-0.25, -0.2) is 4.98 Å². The minimum absolute atomic E-state index is 0.170. The van der Waals surface area contributed by atoms with Crippen LogP contribution in [-0.2, 0) is 16.1 Å². The molecule has 16 heavy (non-hydrogen) atoms. The number of imidazole rings is 1. The molecular formula is C11H15N3O2. The predicted octanol–water partition coefficient (Wildman–Crippen LogP) is 0.780. The second-order valence-corrected chi connectivity index (χ2v) is 3.65. The quantitative estimate of drug-likeness (QED) is 0.767. The van der Waals surface area contributed by atoms with Crippen molar-refractivity contribution in [2.45, 2.75) is 19.9 Å². The molecule has 1 aromatic rings. The first-order valence-electron chi connectivity index (χ1n) is 5.44. The Morgan fingerprint density at radius 3 is 3.31 bits per heavy atom. The second-order valence-electron chi connectivity index (χ2n) is 3.65. The van der Waals surface area contributed by atoms with Gasteiger partial charge in [-0.15, -0.1) is 0 Å². The van der Waals surface area contributed by atoms with E-state index in [0.29, 0.717) is 18.9 Å². The number of hydrogen-bond acceptors (Lipinski definition) is 3. The van der Waals surface area contributed by atoms with E-state index in [0.717, 1.165) is 18.7 Å². The summed E-state index contributed by atoms with van der Waals surface area (Å²) in [7, 11) is 0. The molecule has 1 aromatic heterocycles. The number of rotatable bonds is 3. The largest absolute Gasteiger partial charge is 0.486 e. The highest BCUT2D eigenvalue weighted by Gasteiger charge is 2.15. The first kappa shape index (κ1) is 10.7. The van der Waals surface area contributed by atoms with Crippen molar-refractivity contribution in [2.24, 2.45) is 0 Å². The van der Waals surface area contributed by atoms with Crippen molar-refractivity contribution in [1.29, 1.82) is 0 Å². The molecule has 86 valence electrons. The molecular weight excluding hydrogens is 206 g/mol. The smallest absolute Gasteiger partial charge is 0.286 e. The molecule has 1 saturated heterocycles. The Labute approximate surface area is 94.1 Å². The maximum atomic E-state index is 11.4. The number of hydrogen-bond donors (Lipinski definition) is 1. The molecule has 1 aliphatic rings. The molecule has 1 fully saturated rings. The van der Waals surface area contributed by atoms with Crippen molar-refractivity contribution in [1.82, 2.24) is 14.9 Å². The number of aromatic nitrogens is 2. The van der Waals surface area contributed by atoms with Crippen LogP contribution < -0.4 is 5.32 Å². The third-order valence-electron chi connectivity index (χ3n) is 2.28. The number of amides is 1. The molecule has 2 rings (SSSR count). The number of nitrogens with one attached hydrogen (secondary N) is 1. The Kier molecular flexibility index (Phi) is 3.24. The van der Waals surface area contributed by atoms with E-state index in [1.807, 2.05) is 10.8 Å². The summed E-state index contributed by atoms with van der Waals surface area (Å²) in [6.45, 7) is 4.13. The van der Waals surface area contributed by atoms with E-state index >= 15 is 0 Å². The summed E-state index contributed by atoms with van der Waals surface area (Å²) < 4.78 is 7.26. The van der Waals surface area contributed by atoms with Gasteiger partial charge in [-0.05, 0) is 6.42 Å². The fourth-order valence-electron chi connectivity index (χ4n) is 1.55. The van der Waals surface area contributed by atoms with E-state index in [9.17, 15) is 4.79 Å². The lowest BCUT2D eigenvalue weighted by Crippen LogP contribution is -2.34. The average Bonchev–Trinajstić information content (AvgIpc) is 2.70. The van der Waals surface area contributed by atoms with Crippen molar-refractivity contribution in [3.05, 3.63) is 24.0 Å². The molecule has 1 N–H and O–H groups in total. The minimum Gasteiger partial charge on any atom is -0.486 e. The fourth-order valence-corrected chi connectivity index (χ4v) is 1.55. The maximum Gasteiger partial charge on any atom is 0.286 e. The third-order valence-corrected chi connectivity index (χ3v) is 2.28. The first-order valence-corrected chi connectivity index (χ1v) is 5.44. The number of nitrogens with zero attached hydrogens (tertiary/aromatic N) is 2. The van der Waals surface area contributed by atoms with Gasteiger partial charge in [-0.3, -0.25) is 4.79 Å². The highest BCUT2D eigenvalue weighted by Crippen LogP contribution is 2.08. The predicted molar refractivity (Wildman–Crippen MR) is 59.5 cm³/mol. The van der Waals surface area contributed by atoms with Crippen LogP contribution in [-0.4, -0.2) is 28.6 Å². The highest BCUT2D eigenvalue weighted by molar-refractivity contribution is 5.96. The van der Waals surface area contributed by atoms with Crippen LogP contribution in [0.3, 0.4) is 0 Å². The lowest BCUT2D eigenvalue weighted by Gasteiger charge is -2.15. The van der Waals surface area contributed by atoms with E-state index in [-0.39, 0.29) is 5.91 Å². The Balaban J connectivity index is 2.11. The van der Waals surface area contributed by atoms with Gasteiger partial charge in [0, 0.05) is 18.8 Å². The molecule has 0 radical (unpaired) electrons. The van der Waals surface area contributed by atoms with Crippen LogP contribution in [0.4, 0.5) is 0 Å². The SMILES string of the molecule is CCCn1cnc(C=C2OCCNC2=O)c1. The van der Waals surface area contributed by atoms with Crippen molar-refractivity contribution in [3.63, 3.8) is 0 Å². The van der Waals surface area contributed by atoms with Gasteiger partial charge in [0.05, 0.1) is 18.6 Å². The number of ether oxygens (including phenoxy) is 1. The van der Waals surface area contributed by atoms with Crippen molar-refractivity contribution >= 4 is 12.0 Å². The lowest BCUT2D eigenvalue weighted by molar-refractivity contribution is -0.123. The number of carbonyl (C=O) groups excluding carboxylic acids is 1. The molecule has 1 amide bonds. The second kappa shape index (κ2) is 4.83. The molecule has 0 unspecified atom stereocenters. The van der Waals surface area contributed by atoms with Crippen LogP contribution in [0.15, 0.2) is 18.3 Å². The molecule has 0 atom stereocenters. The van der Waals surface area contributed by atoms with Gasteiger partial charge >= 0.3 is 0 Å². The van der Waals surface area contributed by atoms with Crippen molar-refractivity contribution in [3.8, 4) is 0 Å². The Morgan fingerprint density at radius 1 is 1.69 bits per heavy atom. The van der Waals surface area contributed by atoms with Gasteiger partial charge in [-0.1, -0.05) is 6.92 Å². The van der Waals surface area contributed by atoms with Crippen LogP contribution in [0, 0.1) is 0 Å². The number of morpholine rings is 1. The Hall–Kier alpha value is -1.78. The summed E-state index contributed by atoms with van der Waals surface area (Å²) in [6.07, 6.45) is 6.39. The summed E-state index contributed by atoms with van der Waals surface area (Å²) in [6, 6.07) is 0. The lowest BCUT2D eigenvalue weighted by atomic mass is 10.3. The van der Waals surface area contributed by atoms with E-state index in [4.69, 9.17) is 4.74 Å². The van der Waals surface area contributed by atoms with Crippen LogP contribution in [0.1, 0.15) is 19.0 Å². The van der Waals surface area contributed by atoms with Gasteiger partial charge in [0.25, 0.3) is 5.91 Å². The Morgan fingerprint density at radius 2 is 2.56 bits per heavy atom. The molecule has 0 aromatic carbocycles. The highest BCUT2D eigenvalue weighted by atomic mass is 16.5. The monoisotopic (exact) mass is 221 g/mol. The summed E-state index contributed by atoms with van der Waals surface area (Å²) in [5.41, 5.74) is 0.750. The molecule has 0 saturated carbocycles. The van der Waals surface area contributed by atoms with E-state index in [2.05, 4.69) is 17.2 Å². The van der Waals surface area contributed by atoms with Crippen LogP contribution in [0.5, 0.6) is 0 Å². The van der Waals surface area contributed by atoms with Crippen molar-refractivity contribution in [2.75, 3.05) is 13.2 Å². The van der Waals surface area contributed by atoms with Gasteiger partial charge in [0.2, 0.25) is 0 Å². The molecule has 0 bridgehead atoms. The van der Waals surface area contributed by atoms with E-state index in [1.165, 1.54) is 0 Å².